The van der Waals surface area contributed by atoms with E-state index in [1.807, 2.05) is 0 Å². The SMILES string of the molecule is C=CCC(NC(=O)N(C)CC(=O)N1CCCC1)C(=O)O. The summed E-state index contributed by atoms with van der Waals surface area (Å²) in [7, 11) is 1.47. The van der Waals surface area contributed by atoms with E-state index in [1.165, 1.54) is 18.0 Å². The molecule has 0 aromatic rings. The highest BCUT2D eigenvalue weighted by molar-refractivity contribution is 5.86. The van der Waals surface area contributed by atoms with Gasteiger partial charge in [0.1, 0.15) is 12.6 Å². The number of likely N-dealkylation sites (N-methyl/N-ethyl adjacent to an activating group) is 1. The first-order valence-corrected chi connectivity index (χ1v) is 6.58. The summed E-state index contributed by atoms with van der Waals surface area (Å²) in [5.74, 6) is -1.24. The molecular formula is C13H21N3O4. The van der Waals surface area contributed by atoms with Gasteiger partial charge in [0, 0.05) is 20.1 Å². The molecule has 1 saturated heterocycles. The Bertz CT molecular complexity index is 391. The molecule has 3 amide bonds. The molecule has 7 heteroatoms. The fourth-order valence-corrected chi connectivity index (χ4v) is 1.99. The largest absolute Gasteiger partial charge is 0.480 e. The Kier molecular flexibility index (Phi) is 6.02. The van der Waals surface area contributed by atoms with Gasteiger partial charge in [0.2, 0.25) is 5.91 Å². The highest BCUT2D eigenvalue weighted by Gasteiger charge is 2.24. The Morgan fingerprint density at radius 3 is 2.50 bits per heavy atom. The number of hydrogen-bond acceptors (Lipinski definition) is 3. The molecule has 0 aromatic heterocycles. The first-order chi connectivity index (χ1) is 9.45. The molecule has 20 heavy (non-hydrogen) atoms. The lowest BCUT2D eigenvalue weighted by atomic mass is 10.2. The molecule has 1 aliphatic rings. The Morgan fingerprint density at radius 2 is 2.00 bits per heavy atom. The van der Waals surface area contributed by atoms with Crippen LogP contribution in [0, 0.1) is 0 Å². The van der Waals surface area contributed by atoms with E-state index in [0.29, 0.717) is 0 Å². The smallest absolute Gasteiger partial charge is 0.326 e. The molecule has 1 unspecified atom stereocenters. The van der Waals surface area contributed by atoms with Crippen LogP contribution in [0.15, 0.2) is 12.7 Å². The summed E-state index contributed by atoms with van der Waals surface area (Å²) in [4.78, 5) is 37.5. The van der Waals surface area contributed by atoms with E-state index in [4.69, 9.17) is 5.11 Å². The fourth-order valence-electron chi connectivity index (χ4n) is 1.99. The molecule has 0 aliphatic carbocycles. The average Bonchev–Trinajstić information content (AvgIpc) is 2.91. The first-order valence-electron chi connectivity index (χ1n) is 6.58. The molecule has 1 fully saturated rings. The van der Waals surface area contributed by atoms with Crippen LogP contribution in [0.5, 0.6) is 0 Å². The van der Waals surface area contributed by atoms with Crippen molar-refractivity contribution in [2.75, 3.05) is 26.7 Å². The van der Waals surface area contributed by atoms with Crippen LogP contribution in [0.2, 0.25) is 0 Å². The molecular weight excluding hydrogens is 262 g/mol. The van der Waals surface area contributed by atoms with Crippen LogP contribution < -0.4 is 5.32 Å². The van der Waals surface area contributed by atoms with E-state index in [0.717, 1.165) is 25.9 Å². The first kappa shape index (κ1) is 16.0. The van der Waals surface area contributed by atoms with Crippen molar-refractivity contribution in [2.45, 2.75) is 25.3 Å². The van der Waals surface area contributed by atoms with Gasteiger partial charge in [-0.05, 0) is 19.3 Å². The Morgan fingerprint density at radius 1 is 1.40 bits per heavy atom. The van der Waals surface area contributed by atoms with Crippen LogP contribution in [0.3, 0.4) is 0 Å². The molecule has 1 aliphatic heterocycles. The molecule has 112 valence electrons. The van der Waals surface area contributed by atoms with Crippen molar-refractivity contribution in [1.82, 2.24) is 15.1 Å². The topological polar surface area (TPSA) is 90.0 Å². The zero-order chi connectivity index (χ0) is 15.1. The highest BCUT2D eigenvalue weighted by Crippen LogP contribution is 2.07. The lowest BCUT2D eigenvalue weighted by Crippen LogP contribution is -2.49. The van der Waals surface area contributed by atoms with Gasteiger partial charge in [0.05, 0.1) is 0 Å². The van der Waals surface area contributed by atoms with E-state index >= 15 is 0 Å². The lowest BCUT2D eigenvalue weighted by Gasteiger charge is -2.23. The number of nitrogens with one attached hydrogen (secondary N) is 1. The molecule has 1 heterocycles. The van der Waals surface area contributed by atoms with Crippen LogP contribution in [-0.2, 0) is 9.59 Å². The van der Waals surface area contributed by atoms with E-state index in [2.05, 4.69) is 11.9 Å². The van der Waals surface area contributed by atoms with Gasteiger partial charge in [-0.15, -0.1) is 6.58 Å². The van der Waals surface area contributed by atoms with Gasteiger partial charge < -0.3 is 20.2 Å². The van der Waals surface area contributed by atoms with Gasteiger partial charge in [-0.2, -0.15) is 0 Å². The number of carbonyl (C=O) groups excluding carboxylic acids is 2. The summed E-state index contributed by atoms with van der Waals surface area (Å²) in [5, 5.41) is 11.3. The van der Waals surface area contributed by atoms with Crippen molar-refractivity contribution in [3.05, 3.63) is 12.7 Å². The summed E-state index contributed by atoms with van der Waals surface area (Å²) < 4.78 is 0. The normalized spacial score (nSPS) is 15.6. The number of rotatable bonds is 6. The Labute approximate surface area is 118 Å². The van der Waals surface area contributed by atoms with Gasteiger partial charge in [0.15, 0.2) is 0 Å². The van der Waals surface area contributed by atoms with Crippen LogP contribution in [0.1, 0.15) is 19.3 Å². The van der Waals surface area contributed by atoms with Crippen LogP contribution in [0.4, 0.5) is 4.79 Å². The third-order valence-corrected chi connectivity index (χ3v) is 3.18. The molecule has 2 N–H and O–H groups in total. The van der Waals surface area contributed by atoms with Crippen LogP contribution >= 0.6 is 0 Å². The molecule has 0 radical (unpaired) electrons. The van der Waals surface area contributed by atoms with Crippen LogP contribution in [-0.4, -0.2) is 65.5 Å². The zero-order valence-electron chi connectivity index (χ0n) is 11.7. The monoisotopic (exact) mass is 283 g/mol. The summed E-state index contributed by atoms with van der Waals surface area (Å²) in [6.45, 7) is 4.85. The maximum Gasteiger partial charge on any atom is 0.326 e. The van der Waals surface area contributed by atoms with E-state index < -0.39 is 18.0 Å². The zero-order valence-corrected chi connectivity index (χ0v) is 11.7. The standard InChI is InChI=1S/C13H21N3O4/c1-3-6-10(12(18)19)14-13(20)15(2)9-11(17)16-7-4-5-8-16/h3,10H,1,4-9H2,2H3,(H,14,20)(H,18,19). The Balaban J connectivity index is 2.46. The number of likely N-dealkylation sites (tertiary alicyclic amines) is 1. The minimum Gasteiger partial charge on any atom is -0.480 e. The van der Waals surface area contributed by atoms with Crippen molar-refractivity contribution < 1.29 is 19.5 Å². The number of amides is 3. The second kappa shape index (κ2) is 7.52. The molecule has 1 rings (SSSR count). The van der Waals surface area contributed by atoms with Crippen molar-refractivity contribution in [3.8, 4) is 0 Å². The number of carbonyl (C=O) groups is 3. The average molecular weight is 283 g/mol. The number of carboxylic acid groups (broad SMARTS) is 1. The van der Waals surface area contributed by atoms with Crippen molar-refractivity contribution in [3.63, 3.8) is 0 Å². The van der Waals surface area contributed by atoms with E-state index in [9.17, 15) is 14.4 Å². The quantitative estimate of drug-likeness (QED) is 0.685. The number of nitrogens with zero attached hydrogens (tertiary/aromatic N) is 2. The van der Waals surface area contributed by atoms with Crippen molar-refractivity contribution in [1.29, 1.82) is 0 Å². The molecule has 1 atom stereocenters. The van der Waals surface area contributed by atoms with Crippen LogP contribution in [0.25, 0.3) is 0 Å². The number of aliphatic carboxylic acids is 1. The predicted molar refractivity (Wildman–Crippen MR) is 73.2 cm³/mol. The molecule has 0 spiro atoms. The summed E-state index contributed by atoms with van der Waals surface area (Å²) >= 11 is 0. The van der Waals surface area contributed by atoms with Gasteiger partial charge >= 0.3 is 12.0 Å². The van der Waals surface area contributed by atoms with Gasteiger partial charge in [0.25, 0.3) is 0 Å². The number of carboxylic acids is 1. The number of urea groups is 1. The van der Waals surface area contributed by atoms with E-state index in [-0.39, 0.29) is 18.9 Å². The minimum atomic E-state index is -1.13. The minimum absolute atomic E-state index is 0.0493. The molecule has 0 aromatic carbocycles. The fraction of sp³-hybridized carbons (Fsp3) is 0.615. The van der Waals surface area contributed by atoms with E-state index in [1.54, 1.807) is 4.90 Å². The van der Waals surface area contributed by atoms with Gasteiger partial charge in [-0.1, -0.05) is 6.08 Å². The number of hydrogen-bond donors (Lipinski definition) is 2. The third-order valence-electron chi connectivity index (χ3n) is 3.18. The highest BCUT2D eigenvalue weighted by atomic mass is 16.4. The Hall–Kier alpha value is -2.05. The lowest BCUT2D eigenvalue weighted by molar-refractivity contribution is -0.139. The molecule has 0 bridgehead atoms. The van der Waals surface area contributed by atoms with Gasteiger partial charge in [-0.25, -0.2) is 9.59 Å². The molecule has 0 saturated carbocycles. The summed E-state index contributed by atoms with van der Waals surface area (Å²) in [5.41, 5.74) is 0. The summed E-state index contributed by atoms with van der Waals surface area (Å²) in [6.07, 6.45) is 3.54. The third kappa shape index (κ3) is 4.56. The maximum absolute atomic E-state index is 11.9. The van der Waals surface area contributed by atoms with Gasteiger partial charge in [-0.3, -0.25) is 4.79 Å². The second-order valence-corrected chi connectivity index (χ2v) is 4.81. The molecule has 7 nitrogen and oxygen atoms in total. The maximum atomic E-state index is 11.9. The van der Waals surface area contributed by atoms with Crippen molar-refractivity contribution >= 4 is 17.9 Å². The summed E-state index contributed by atoms with van der Waals surface area (Å²) in [6, 6.07) is -1.60. The van der Waals surface area contributed by atoms with Crippen molar-refractivity contribution in [2.24, 2.45) is 0 Å². The second-order valence-electron chi connectivity index (χ2n) is 4.81. The predicted octanol–water partition coefficient (Wildman–Crippen LogP) is 0.279.